The fourth-order valence-electron chi connectivity index (χ4n) is 16.8. The Morgan fingerprint density at radius 2 is 0.448 bits per heavy atom. The van der Waals surface area contributed by atoms with Crippen LogP contribution in [0.2, 0.25) is 0 Å². The van der Waals surface area contributed by atoms with Crippen molar-refractivity contribution in [1.82, 2.24) is 9.13 Å². The van der Waals surface area contributed by atoms with Crippen molar-refractivity contribution in [3.63, 3.8) is 0 Å². The van der Waals surface area contributed by atoms with E-state index in [0.717, 1.165) is 135 Å². The van der Waals surface area contributed by atoms with Crippen LogP contribution < -0.4 is 26.2 Å². The molecule has 105 heavy (non-hydrogen) atoms. The zero-order valence-electron chi connectivity index (χ0n) is 57.5. The van der Waals surface area contributed by atoms with E-state index in [1.807, 2.05) is 0 Å². The van der Waals surface area contributed by atoms with Crippen LogP contribution >= 0.6 is 0 Å². The number of benzene rings is 16. The van der Waals surface area contributed by atoms with Crippen LogP contribution in [-0.4, -0.2) is 15.8 Å². The van der Waals surface area contributed by atoms with E-state index < -0.39 is 0 Å². The average molecular weight is 1340 g/mol. The number of aromatic nitrogens is 2. The molecule has 20 rings (SSSR count). The zero-order chi connectivity index (χ0) is 69.3. The molecule has 5 heteroatoms. The molecule has 4 nitrogen and oxygen atoms in total. The Morgan fingerprint density at radius 1 is 0.181 bits per heavy atom. The molecule has 2 aliphatic rings. The highest BCUT2D eigenvalue weighted by Gasteiger charge is 2.45. The fourth-order valence-corrected chi connectivity index (χ4v) is 16.8. The molecule has 0 amide bonds. The predicted octanol–water partition coefficient (Wildman–Crippen LogP) is 24.7. The molecule has 0 atom stereocenters. The number of hydrogen-bond donors (Lipinski definition) is 0. The number of nitrogens with zero attached hydrogens (tertiary/aromatic N) is 4. The van der Waals surface area contributed by atoms with E-state index in [1.165, 1.54) is 49.4 Å². The first-order valence-electron chi connectivity index (χ1n) is 36.2. The highest BCUT2D eigenvalue weighted by molar-refractivity contribution is 7.00. The zero-order valence-corrected chi connectivity index (χ0v) is 57.5. The monoisotopic (exact) mass is 1330 g/mol. The molecule has 0 bridgehead atoms. The minimum atomic E-state index is -0.262. The SMILES string of the molecule is c1ccc(-c2cc(-c3ccccc3)cc(N3c4cc(-n5c(-c6ccccc6)c(-c6ccccc6)c6ccccc65)ccc4B4c5ccc(-n6c(-c7ccccc7)c(-c7ccccc7)c7ccccc76)cc5N(c5cc(-c6ccccc6)cc(-c6ccccc6)c5)c5cc(-c6ccccc6)cc3c54)c2)cc1. The van der Waals surface area contributed by atoms with Gasteiger partial charge in [-0.15, -0.1) is 0 Å². The summed E-state index contributed by atoms with van der Waals surface area (Å²) in [6.45, 7) is -0.262. The van der Waals surface area contributed by atoms with Gasteiger partial charge in [0.05, 0.1) is 22.4 Å². The first kappa shape index (κ1) is 61.2. The van der Waals surface area contributed by atoms with Crippen molar-refractivity contribution < 1.29 is 0 Å². The van der Waals surface area contributed by atoms with E-state index in [1.54, 1.807) is 0 Å². The van der Waals surface area contributed by atoms with Gasteiger partial charge in [0.15, 0.2) is 0 Å². The lowest BCUT2D eigenvalue weighted by molar-refractivity contribution is 1.13. The smallest absolute Gasteiger partial charge is 0.252 e. The summed E-state index contributed by atoms with van der Waals surface area (Å²) in [4.78, 5) is 5.25. The van der Waals surface area contributed by atoms with E-state index in [4.69, 9.17) is 0 Å². The second kappa shape index (κ2) is 25.7. The van der Waals surface area contributed by atoms with Crippen LogP contribution in [0, 0.1) is 0 Å². The molecule has 0 unspecified atom stereocenters. The van der Waals surface area contributed by atoms with Crippen LogP contribution in [0.1, 0.15) is 0 Å². The maximum absolute atomic E-state index is 2.63. The summed E-state index contributed by atoms with van der Waals surface area (Å²) in [6, 6.07) is 151. The molecule has 4 heterocycles. The highest BCUT2D eigenvalue weighted by atomic mass is 15.2. The van der Waals surface area contributed by atoms with Gasteiger partial charge in [0, 0.05) is 67.4 Å². The molecule has 0 aliphatic carbocycles. The molecule has 0 saturated carbocycles. The topological polar surface area (TPSA) is 16.3 Å². The normalized spacial score (nSPS) is 12.1. The standard InChI is InChI=1S/C100H67BN4/c1-10-32-68(33-11-1)77-58-78(69-34-12-2-13-35-69)61-84(60-77)102-92-66-82(104-90-52-30-28-50-86(90)96(73-42-20-6-21-43-73)99(104)75-46-24-8-25-47-75)54-56-88(92)101-89-57-55-83(105-91-53-31-29-51-87(91)97(74-44-22-7-23-45-74)100(105)76-48-26-9-27-49-76)67-93(89)103(95-65-81(64-94(102)98(95)101)72-40-18-5-19-41-72)85-62-79(70-36-14-3-15-37-70)59-80(63-85)71-38-16-4-17-39-71/h1-67H. The van der Waals surface area contributed by atoms with Gasteiger partial charge in [0.25, 0.3) is 6.71 Å². The largest absolute Gasteiger partial charge is 0.311 e. The third-order valence-corrected chi connectivity index (χ3v) is 21.4. The Morgan fingerprint density at radius 3 is 0.762 bits per heavy atom. The summed E-state index contributed by atoms with van der Waals surface area (Å²) in [5.41, 5.74) is 35.1. The lowest BCUT2D eigenvalue weighted by atomic mass is 9.33. The first-order valence-corrected chi connectivity index (χ1v) is 36.2. The summed E-state index contributed by atoms with van der Waals surface area (Å²) in [5, 5.41) is 2.38. The molecule has 0 fully saturated rings. The Kier molecular flexibility index (Phi) is 15.0. The van der Waals surface area contributed by atoms with Gasteiger partial charge in [-0.3, -0.25) is 0 Å². The van der Waals surface area contributed by atoms with Crippen molar-refractivity contribution in [2.24, 2.45) is 0 Å². The number of hydrogen-bond acceptors (Lipinski definition) is 2. The molecule has 0 radical (unpaired) electrons. The summed E-state index contributed by atoms with van der Waals surface area (Å²) < 4.78 is 5.07. The molecule has 2 aliphatic heterocycles. The fraction of sp³-hybridized carbons (Fsp3) is 0. The van der Waals surface area contributed by atoms with E-state index >= 15 is 0 Å². The summed E-state index contributed by atoms with van der Waals surface area (Å²) in [7, 11) is 0. The molecule has 0 spiro atoms. The van der Waals surface area contributed by atoms with Crippen molar-refractivity contribution in [3.8, 4) is 112 Å². The number of rotatable bonds is 13. The predicted molar refractivity (Wildman–Crippen MR) is 443 cm³/mol. The van der Waals surface area contributed by atoms with Gasteiger partial charge in [-0.2, -0.15) is 0 Å². The number of fused-ring (bicyclic) bond motifs is 6. The summed E-state index contributed by atoms with van der Waals surface area (Å²) in [6.07, 6.45) is 0. The molecule has 490 valence electrons. The molecular weight excluding hydrogens is 1270 g/mol. The van der Waals surface area contributed by atoms with Crippen LogP contribution in [0.25, 0.3) is 134 Å². The molecule has 0 N–H and O–H groups in total. The number of para-hydroxylation sites is 2. The van der Waals surface area contributed by atoms with Crippen LogP contribution in [-0.2, 0) is 0 Å². The molecule has 2 aromatic heterocycles. The van der Waals surface area contributed by atoms with E-state index in [9.17, 15) is 0 Å². The lowest BCUT2D eigenvalue weighted by Crippen LogP contribution is -2.61. The van der Waals surface area contributed by atoms with E-state index in [2.05, 4.69) is 425 Å². The van der Waals surface area contributed by atoms with Crippen LogP contribution in [0.5, 0.6) is 0 Å². The Balaban J connectivity index is 0.933. The van der Waals surface area contributed by atoms with Crippen LogP contribution in [0.15, 0.2) is 406 Å². The molecule has 16 aromatic carbocycles. The van der Waals surface area contributed by atoms with Gasteiger partial charge in [-0.1, -0.05) is 322 Å². The van der Waals surface area contributed by atoms with Crippen molar-refractivity contribution >= 4 is 79.0 Å². The third-order valence-electron chi connectivity index (χ3n) is 21.4. The highest BCUT2D eigenvalue weighted by Crippen LogP contribution is 2.52. The average Bonchev–Trinajstić information content (AvgIpc) is 0.876. The van der Waals surface area contributed by atoms with E-state index in [-0.39, 0.29) is 6.71 Å². The second-order valence-corrected chi connectivity index (χ2v) is 27.5. The van der Waals surface area contributed by atoms with Crippen LogP contribution in [0.3, 0.4) is 0 Å². The van der Waals surface area contributed by atoms with Gasteiger partial charge < -0.3 is 18.9 Å². The van der Waals surface area contributed by atoms with Crippen LogP contribution in [0.4, 0.5) is 34.1 Å². The van der Waals surface area contributed by atoms with Crippen molar-refractivity contribution in [2.45, 2.75) is 0 Å². The minimum absolute atomic E-state index is 0.262. The van der Waals surface area contributed by atoms with Crippen molar-refractivity contribution in [1.29, 1.82) is 0 Å². The maximum Gasteiger partial charge on any atom is 0.252 e. The molecule has 0 saturated heterocycles. The second-order valence-electron chi connectivity index (χ2n) is 27.5. The minimum Gasteiger partial charge on any atom is -0.311 e. The first-order chi connectivity index (χ1) is 52.1. The van der Waals surface area contributed by atoms with Gasteiger partial charge >= 0.3 is 0 Å². The van der Waals surface area contributed by atoms with Crippen molar-refractivity contribution in [2.75, 3.05) is 9.80 Å². The van der Waals surface area contributed by atoms with E-state index in [0.29, 0.717) is 0 Å². The molecule has 18 aromatic rings. The summed E-state index contributed by atoms with van der Waals surface area (Å²) >= 11 is 0. The van der Waals surface area contributed by atoms with Gasteiger partial charge in [-0.25, -0.2) is 0 Å². The third kappa shape index (κ3) is 10.5. The summed E-state index contributed by atoms with van der Waals surface area (Å²) in [5.74, 6) is 0. The Bertz CT molecular complexity index is 5820. The lowest BCUT2D eigenvalue weighted by Gasteiger charge is -2.45. The Labute approximate surface area is 612 Å². The van der Waals surface area contributed by atoms with Gasteiger partial charge in [-0.05, 0) is 179 Å². The Hall–Kier alpha value is -13.7. The van der Waals surface area contributed by atoms with Gasteiger partial charge in [0.1, 0.15) is 0 Å². The number of anilines is 6. The molecular formula is C100H67BN4. The van der Waals surface area contributed by atoms with Crippen molar-refractivity contribution in [3.05, 3.63) is 406 Å². The van der Waals surface area contributed by atoms with Gasteiger partial charge in [0.2, 0.25) is 0 Å². The quantitative estimate of drug-likeness (QED) is 0.107. The maximum atomic E-state index is 2.63.